The van der Waals surface area contributed by atoms with Crippen LogP contribution in [0.15, 0.2) is 48.5 Å². The molecule has 0 spiro atoms. The largest absolute Gasteiger partial charge is 0.491 e. The number of ether oxygens (including phenoxy) is 2. The van der Waals surface area contributed by atoms with Crippen molar-refractivity contribution in [3.8, 4) is 5.75 Å². The van der Waals surface area contributed by atoms with Crippen molar-refractivity contribution in [2.45, 2.75) is 51.0 Å². The molecule has 2 amide bonds. The monoisotopic (exact) mass is 422 g/mol. The molecule has 2 fully saturated rings. The van der Waals surface area contributed by atoms with E-state index >= 15 is 0 Å². The minimum atomic E-state index is -0.231. The Morgan fingerprint density at radius 2 is 1.68 bits per heavy atom. The molecule has 2 aliphatic rings. The Balaban J connectivity index is 1.34. The van der Waals surface area contributed by atoms with Gasteiger partial charge >= 0.3 is 0 Å². The summed E-state index contributed by atoms with van der Waals surface area (Å²) < 4.78 is 11.4. The van der Waals surface area contributed by atoms with Crippen LogP contribution in [0.25, 0.3) is 0 Å². The van der Waals surface area contributed by atoms with Crippen molar-refractivity contribution in [3.63, 3.8) is 0 Å². The molecule has 6 nitrogen and oxygen atoms in total. The maximum Gasteiger partial charge on any atom is 0.255 e. The molecule has 0 bridgehead atoms. The third-order valence-corrected chi connectivity index (χ3v) is 5.92. The van der Waals surface area contributed by atoms with Crippen molar-refractivity contribution >= 4 is 23.2 Å². The molecule has 164 valence electrons. The molecule has 31 heavy (non-hydrogen) atoms. The highest BCUT2D eigenvalue weighted by molar-refractivity contribution is 6.05. The highest BCUT2D eigenvalue weighted by Crippen LogP contribution is 2.25. The summed E-state index contributed by atoms with van der Waals surface area (Å²) >= 11 is 0. The van der Waals surface area contributed by atoms with E-state index in [1.54, 1.807) is 18.2 Å². The van der Waals surface area contributed by atoms with Gasteiger partial charge in [-0.25, -0.2) is 0 Å². The topological polar surface area (TPSA) is 76.7 Å². The van der Waals surface area contributed by atoms with Crippen LogP contribution >= 0.6 is 0 Å². The van der Waals surface area contributed by atoms with Gasteiger partial charge in [-0.3, -0.25) is 9.59 Å². The normalized spacial score (nSPS) is 19.0. The van der Waals surface area contributed by atoms with E-state index in [0.29, 0.717) is 29.3 Å². The Hall–Kier alpha value is -2.86. The maximum atomic E-state index is 12.7. The van der Waals surface area contributed by atoms with E-state index in [1.807, 2.05) is 30.3 Å². The van der Waals surface area contributed by atoms with Crippen molar-refractivity contribution in [3.05, 3.63) is 54.1 Å². The second-order valence-corrected chi connectivity index (χ2v) is 8.33. The Morgan fingerprint density at radius 1 is 0.903 bits per heavy atom. The molecule has 2 aromatic carbocycles. The van der Waals surface area contributed by atoms with Crippen LogP contribution in [0.1, 0.15) is 55.3 Å². The van der Waals surface area contributed by atoms with Crippen LogP contribution in [0.4, 0.5) is 11.4 Å². The van der Waals surface area contributed by atoms with Gasteiger partial charge in [-0.1, -0.05) is 31.4 Å². The quantitative estimate of drug-likeness (QED) is 0.657. The Kier molecular flexibility index (Phi) is 7.20. The predicted molar refractivity (Wildman–Crippen MR) is 121 cm³/mol. The number of hydrogen-bond acceptors (Lipinski definition) is 4. The fourth-order valence-corrected chi connectivity index (χ4v) is 4.18. The summed E-state index contributed by atoms with van der Waals surface area (Å²) in [5.74, 6) is 0.587. The van der Waals surface area contributed by atoms with Gasteiger partial charge in [0.2, 0.25) is 5.91 Å². The van der Waals surface area contributed by atoms with E-state index in [2.05, 4.69) is 10.6 Å². The smallest absolute Gasteiger partial charge is 0.255 e. The molecule has 1 aliphatic carbocycles. The van der Waals surface area contributed by atoms with E-state index in [1.165, 1.54) is 6.42 Å². The SMILES string of the molecule is O=C(Nc1cccc(OCC2CCCO2)c1)c1cccc(NC(=O)C2CCCCC2)c1. The van der Waals surface area contributed by atoms with Crippen LogP contribution in [0, 0.1) is 5.92 Å². The molecular formula is C25H30N2O4. The lowest BCUT2D eigenvalue weighted by Gasteiger charge is -2.20. The van der Waals surface area contributed by atoms with E-state index in [0.717, 1.165) is 45.1 Å². The molecule has 0 radical (unpaired) electrons. The van der Waals surface area contributed by atoms with Crippen LogP contribution < -0.4 is 15.4 Å². The van der Waals surface area contributed by atoms with Gasteiger partial charge in [0, 0.05) is 35.5 Å². The number of amides is 2. The summed E-state index contributed by atoms with van der Waals surface area (Å²) in [5.41, 5.74) is 1.80. The molecule has 1 atom stereocenters. The summed E-state index contributed by atoms with van der Waals surface area (Å²) in [6.07, 6.45) is 7.54. The number of anilines is 2. The minimum Gasteiger partial charge on any atom is -0.491 e. The summed E-state index contributed by atoms with van der Waals surface area (Å²) in [4.78, 5) is 25.2. The van der Waals surface area contributed by atoms with Crippen LogP contribution in [-0.4, -0.2) is 31.1 Å². The molecule has 1 heterocycles. The zero-order valence-corrected chi connectivity index (χ0v) is 17.8. The Labute approximate surface area is 183 Å². The van der Waals surface area contributed by atoms with Gasteiger partial charge in [0.15, 0.2) is 0 Å². The zero-order chi connectivity index (χ0) is 21.5. The molecule has 0 aromatic heterocycles. The van der Waals surface area contributed by atoms with Crippen molar-refractivity contribution < 1.29 is 19.1 Å². The lowest BCUT2D eigenvalue weighted by molar-refractivity contribution is -0.120. The fraction of sp³-hybridized carbons (Fsp3) is 0.440. The number of carbonyl (C=O) groups excluding carboxylic acids is 2. The standard InChI is InChI=1S/C25H30N2O4/c28-24(18-7-2-1-3-8-18)26-20-10-4-9-19(15-20)25(29)27-21-11-5-12-22(16-21)31-17-23-13-6-14-30-23/h4-5,9-12,15-16,18,23H,1-3,6-8,13-14,17H2,(H,26,28)(H,27,29). The zero-order valence-electron chi connectivity index (χ0n) is 17.8. The molecule has 1 unspecified atom stereocenters. The molecule has 4 rings (SSSR count). The van der Waals surface area contributed by atoms with Gasteiger partial charge in [0.05, 0.1) is 6.10 Å². The number of benzene rings is 2. The molecule has 1 saturated heterocycles. The second kappa shape index (κ2) is 10.4. The number of carbonyl (C=O) groups is 2. The molecule has 1 aliphatic heterocycles. The van der Waals surface area contributed by atoms with E-state index in [9.17, 15) is 9.59 Å². The summed E-state index contributed by atoms with van der Waals surface area (Å²) in [6, 6.07) is 14.4. The highest BCUT2D eigenvalue weighted by Gasteiger charge is 2.21. The van der Waals surface area contributed by atoms with Gasteiger partial charge in [-0.15, -0.1) is 0 Å². The number of rotatable bonds is 7. The third-order valence-electron chi connectivity index (χ3n) is 5.92. The van der Waals surface area contributed by atoms with Crippen LogP contribution in [0.3, 0.4) is 0 Å². The van der Waals surface area contributed by atoms with Crippen molar-refractivity contribution in [1.29, 1.82) is 0 Å². The predicted octanol–water partition coefficient (Wildman–Crippen LogP) is 5.02. The lowest BCUT2D eigenvalue weighted by atomic mass is 9.88. The Bertz CT molecular complexity index is 902. The number of hydrogen-bond donors (Lipinski definition) is 2. The van der Waals surface area contributed by atoms with Gasteiger partial charge in [-0.05, 0) is 56.0 Å². The molecular weight excluding hydrogens is 392 g/mol. The van der Waals surface area contributed by atoms with E-state index in [-0.39, 0.29) is 23.8 Å². The lowest BCUT2D eigenvalue weighted by Crippen LogP contribution is -2.24. The second-order valence-electron chi connectivity index (χ2n) is 8.33. The fourth-order valence-electron chi connectivity index (χ4n) is 4.18. The average molecular weight is 423 g/mol. The van der Waals surface area contributed by atoms with Gasteiger partial charge in [-0.2, -0.15) is 0 Å². The third kappa shape index (κ3) is 6.07. The van der Waals surface area contributed by atoms with Crippen molar-refractivity contribution in [1.82, 2.24) is 0 Å². The van der Waals surface area contributed by atoms with Crippen LogP contribution in [0.2, 0.25) is 0 Å². The average Bonchev–Trinajstić information content (AvgIpc) is 3.32. The molecule has 2 aromatic rings. The van der Waals surface area contributed by atoms with Crippen molar-refractivity contribution in [2.75, 3.05) is 23.8 Å². The minimum absolute atomic E-state index is 0.0494. The first kappa shape index (κ1) is 21.4. The first-order chi connectivity index (χ1) is 15.2. The molecule has 1 saturated carbocycles. The summed E-state index contributed by atoms with van der Waals surface area (Å²) in [7, 11) is 0. The molecule has 2 N–H and O–H groups in total. The van der Waals surface area contributed by atoms with E-state index < -0.39 is 0 Å². The van der Waals surface area contributed by atoms with Gasteiger partial charge in [0.25, 0.3) is 5.91 Å². The maximum absolute atomic E-state index is 12.7. The van der Waals surface area contributed by atoms with Crippen LogP contribution in [0.5, 0.6) is 5.75 Å². The Morgan fingerprint density at radius 3 is 2.45 bits per heavy atom. The first-order valence-electron chi connectivity index (χ1n) is 11.2. The number of nitrogens with one attached hydrogen (secondary N) is 2. The highest BCUT2D eigenvalue weighted by atomic mass is 16.5. The van der Waals surface area contributed by atoms with Crippen molar-refractivity contribution in [2.24, 2.45) is 5.92 Å². The summed E-state index contributed by atoms with van der Waals surface area (Å²) in [6.45, 7) is 1.31. The van der Waals surface area contributed by atoms with Gasteiger partial charge in [0.1, 0.15) is 12.4 Å². The first-order valence-corrected chi connectivity index (χ1v) is 11.2. The van der Waals surface area contributed by atoms with Crippen LogP contribution in [-0.2, 0) is 9.53 Å². The summed E-state index contributed by atoms with van der Waals surface area (Å²) in [5, 5.41) is 5.88. The van der Waals surface area contributed by atoms with E-state index in [4.69, 9.17) is 9.47 Å². The molecule has 6 heteroatoms. The van der Waals surface area contributed by atoms with Gasteiger partial charge < -0.3 is 20.1 Å².